The first-order valence-corrected chi connectivity index (χ1v) is 7.72. The molecule has 0 aliphatic carbocycles. The largest absolute Gasteiger partial charge is 0.507 e. The number of hydrogen-bond acceptors (Lipinski definition) is 4. The summed E-state index contributed by atoms with van der Waals surface area (Å²) in [7, 11) is 0. The van der Waals surface area contributed by atoms with Crippen LogP contribution in [0.15, 0.2) is 48.5 Å². The molecule has 2 unspecified atom stereocenters. The third kappa shape index (κ3) is 5.08. The minimum Gasteiger partial charge on any atom is -0.507 e. The molecule has 2 aromatic rings. The molecule has 0 spiro atoms. The number of aryl methyl sites for hydroxylation is 1. The van der Waals surface area contributed by atoms with E-state index in [1.807, 2.05) is 30.3 Å². The molecule has 0 aliphatic heterocycles. The maximum Gasteiger partial charge on any atom is 0.252 e. The van der Waals surface area contributed by atoms with Crippen LogP contribution in [-0.4, -0.2) is 28.7 Å². The highest BCUT2D eigenvalue weighted by Crippen LogP contribution is 2.22. The molecule has 0 saturated carbocycles. The van der Waals surface area contributed by atoms with E-state index < -0.39 is 24.2 Å². The fourth-order valence-corrected chi connectivity index (χ4v) is 2.24. The second kappa shape index (κ2) is 8.47. The van der Waals surface area contributed by atoms with Crippen LogP contribution in [0.2, 0.25) is 0 Å². The van der Waals surface area contributed by atoms with Crippen LogP contribution in [0.3, 0.4) is 0 Å². The number of rotatable bonds is 8. The van der Waals surface area contributed by atoms with Crippen molar-refractivity contribution in [3.63, 3.8) is 0 Å². The van der Waals surface area contributed by atoms with Gasteiger partial charge in [-0.3, -0.25) is 4.79 Å². The molecule has 0 radical (unpaired) electrons. The molecule has 128 valence electrons. The normalized spacial score (nSPS) is 17.2. The van der Waals surface area contributed by atoms with Gasteiger partial charge in [-0.25, -0.2) is 0 Å². The molecule has 24 heavy (non-hydrogen) atoms. The Morgan fingerprint density at radius 3 is 2.71 bits per heavy atom. The molecule has 5 heteroatoms. The molecule has 2 atom stereocenters. The Kier molecular flexibility index (Phi) is 4.95. The van der Waals surface area contributed by atoms with E-state index >= 15 is 0 Å². The van der Waals surface area contributed by atoms with Crippen LogP contribution in [0.4, 0.5) is 0 Å². The summed E-state index contributed by atoms with van der Waals surface area (Å²) in [6, 6.07) is 12.7. The van der Waals surface area contributed by atoms with Crippen molar-refractivity contribution in [1.29, 1.82) is 0 Å². The molecular formula is C19H24N2O3. The lowest BCUT2D eigenvalue weighted by molar-refractivity contribution is 0.0997. The Labute approximate surface area is 146 Å². The van der Waals surface area contributed by atoms with Crippen molar-refractivity contribution < 1.29 is 19.1 Å². The van der Waals surface area contributed by atoms with E-state index in [1.165, 1.54) is 6.07 Å². The number of aromatic hydroxyl groups is 1. The van der Waals surface area contributed by atoms with Gasteiger partial charge in [-0.1, -0.05) is 36.4 Å². The summed E-state index contributed by atoms with van der Waals surface area (Å²) >= 11 is 0. The lowest BCUT2D eigenvalue weighted by atomic mass is 10.0. The van der Waals surface area contributed by atoms with E-state index in [-0.39, 0.29) is 17.2 Å². The van der Waals surface area contributed by atoms with Gasteiger partial charge < -0.3 is 21.3 Å². The predicted octanol–water partition coefficient (Wildman–Crippen LogP) is 2.14. The average molecular weight is 331 g/mol. The van der Waals surface area contributed by atoms with Crippen molar-refractivity contribution in [2.24, 2.45) is 5.73 Å². The zero-order valence-corrected chi connectivity index (χ0v) is 13.5. The third-order valence-corrected chi connectivity index (χ3v) is 3.68. The fraction of sp³-hybridized carbons (Fsp3) is 0.316. The van der Waals surface area contributed by atoms with Gasteiger partial charge in [-0.05, 0) is 43.0 Å². The second-order valence-corrected chi connectivity index (χ2v) is 5.64. The van der Waals surface area contributed by atoms with Crippen molar-refractivity contribution in [2.75, 3.05) is 6.50 Å². The number of aliphatic hydroxyl groups is 1. The van der Waals surface area contributed by atoms with E-state index in [4.69, 9.17) is 9.85 Å². The number of nitrogens with one attached hydrogen (secondary N) is 1. The summed E-state index contributed by atoms with van der Waals surface area (Å²) in [4.78, 5) is 11.4. The van der Waals surface area contributed by atoms with Gasteiger partial charge in [0.25, 0.3) is 5.91 Å². The number of carbonyl (C=O) groups is 1. The topological polar surface area (TPSA) is 95.6 Å². The van der Waals surface area contributed by atoms with Gasteiger partial charge >= 0.3 is 0 Å². The van der Waals surface area contributed by atoms with Crippen LogP contribution in [0.1, 0.15) is 45.0 Å². The molecule has 5 nitrogen and oxygen atoms in total. The van der Waals surface area contributed by atoms with Crippen molar-refractivity contribution >= 4 is 5.91 Å². The van der Waals surface area contributed by atoms with Gasteiger partial charge in [0.1, 0.15) is 5.75 Å². The molecule has 5 N–H and O–H groups in total. The highest BCUT2D eigenvalue weighted by Gasteiger charge is 2.14. The van der Waals surface area contributed by atoms with Crippen LogP contribution < -0.4 is 11.1 Å². The Morgan fingerprint density at radius 1 is 1.33 bits per heavy atom. The number of nitrogens with two attached hydrogens (primary N) is 1. The monoisotopic (exact) mass is 331 g/mol. The van der Waals surface area contributed by atoms with Crippen molar-refractivity contribution in [1.82, 2.24) is 5.32 Å². The molecule has 2 aromatic carbocycles. The molecular weight excluding hydrogens is 304 g/mol. The van der Waals surface area contributed by atoms with Gasteiger partial charge in [0.2, 0.25) is 0 Å². The molecule has 0 aliphatic rings. The standard InChI is InChI=1S/C19H24N2O3/c1-13(7-8-14-5-3-2-4-6-14)21-12-18(23)15-9-10-17(22)16(11-15)19(20)24/h2-6,9-11,13,18,21-23H,7-8,12H2,1H3,(H2,20,24)/i12D2,18D. The maximum atomic E-state index is 11.4. The van der Waals surface area contributed by atoms with E-state index in [1.54, 1.807) is 6.92 Å². The van der Waals surface area contributed by atoms with Gasteiger partial charge in [0.15, 0.2) is 0 Å². The average Bonchev–Trinajstić information content (AvgIpc) is 2.60. The first-order valence-electron chi connectivity index (χ1n) is 9.22. The van der Waals surface area contributed by atoms with Crippen molar-refractivity contribution in [3.05, 3.63) is 65.2 Å². The van der Waals surface area contributed by atoms with Crippen molar-refractivity contribution in [2.45, 2.75) is 31.9 Å². The Hall–Kier alpha value is -2.37. The van der Waals surface area contributed by atoms with E-state index in [9.17, 15) is 15.0 Å². The number of carbonyl (C=O) groups excluding carboxylic acids is 1. The predicted molar refractivity (Wildman–Crippen MR) is 93.8 cm³/mol. The molecule has 0 saturated heterocycles. The number of phenols is 1. The Morgan fingerprint density at radius 2 is 2.04 bits per heavy atom. The molecule has 0 bridgehead atoms. The summed E-state index contributed by atoms with van der Waals surface area (Å²) in [5.41, 5.74) is 5.79. The smallest absolute Gasteiger partial charge is 0.252 e. The van der Waals surface area contributed by atoms with Gasteiger partial charge in [0, 0.05) is 15.3 Å². The minimum absolute atomic E-state index is 0.193. The summed E-state index contributed by atoms with van der Waals surface area (Å²) in [5.74, 6) is -1.33. The molecule has 2 rings (SSSR count). The fourth-order valence-electron chi connectivity index (χ4n) is 2.24. The number of benzene rings is 2. The SMILES string of the molecule is [2H]C([2H])(NC(C)CCc1ccccc1)C([2H])(O)c1ccc(O)c(C(N)=O)c1. The summed E-state index contributed by atoms with van der Waals surface area (Å²) in [5, 5.41) is 22.8. The van der Waals surface area contributed by atoms with E-state index in [0.29, 0.717) is 12.8 Å². The van der Waals surface area contributed by atoms with Gasteiger partial charge in [0.05, 0.1) is 13.0 Å². The molecule has 0 fully saturated rings. The maximum absolute atomic E-state index is 11.4. The zero-order chi connectivity index (χ0) is 20.2. The van der Waals surface area contributed by atoms with E-state index in [0.717, 1.165) is 17.7 Å². The lowest BCUT2D eigenvalue weighted by Crippen LogP contribution is -2.31. The first-order chi connectivity index (χ1) is 12.5. The van der Waals surface area contributed by atoms with Crippen LogP contribution in [0.25, 0.3) is 0 Å². The highest BCUT2D eigenvalue weighted by atomic mass is 16.3. The zero-order valence-electron chi connectivity index (χ0n) is 16.5. The summed E-state index contributed by atoms with van der Waals surface area (Å²) < 4.78 is 24.5. The number of amides is 1. The van der Waals surface area contributed by atoms with Gasteiger partial charge in [-0.2, -0.15) is 0 Å². The quantitative estimate of drug-likeness (QED) is 0.596. The second-order valence-electron chi connectivity index (χ2n) is 5.64. The van der Waals surface area contributed by atoms with Crippen LogP contribution in [0, 0.1) is 0 Å². The van der Waals surface area contributed by atoms with Gasteiger partial charge in [-0.15, -0.1) is 0 Å². The summed E-state index contributed by atoms with van der Waals surface area (Å²) in [6.07, 6.45) is -1.39. The minimum atomic E-state index is -2.70. The number of primary amides is 1. The van der Waals surface area contributed by atoms with Crippen LogP contribution >= 0.6 is 0 Å². The Bertz CT molecular complexity index is 798. The third-order valence-electron chi connectivity index (χ3n) is 3.68. The van der Waals surface area contributed by atoms with E-state index in [2.05, 4.69) is 5.32 Å². The van der Waals surface area contributed by atoms with Crippen LogP contribution in [0.5, 0.6) is 5.75 Å². The lowest BCUT2D eigenvalue weighted by Gasteiger charge is -2.18. The highest BCUT2D eigenvalue weighted by molar-refractivity contribution is 5.95. The molecule has 0 aromatic heterocycles. The molecule has 1 amide bonds. The number of hydrogen-bond donors (Lipinski definition) is 4. The summed E-state index contributed by atoms with van der Waals surface area (Å²) in [6.45, 7) is -0.752. The van der Waals surface area contributed by atoms with Crippen LogP contribution in [-0.2, 0) is 6.42 Å². The first kappa shape index (κ1) is 14.0. The Balaban J connectivity index is 2.13. The van der Waals surface area contributed by atoms with Crippen molar-refractivity contribution in [3.8, 4) is 5.75 Å². The molecule has 0 heterocycles.